The molecule has 0 saturated carbocycles. The molecule has 0 unspecified atom stereocenters. The van der Waals surface area contributed by atoms with Crippen molar-refractivity contribution in [3.63, 3.8) is 0 Å². The van der Waals surface area contributed by atoms with Gasteiger partial charge in [-0.05, 0) is 24.4 Å². The Kier molecular flexibility index (Phi) is 11.8. The topological polar surface area (TPSA) is 177 Å². The van der Waals surface area contributed by atoms with Gasteiger partial charge in [-0.15, -0.1) is 0 Å². The molecule has 0 saturated heterocycles. The number of nitrogens with one attached hydrogen (secondary N) is 1. The standard InChI is InChI=1S/C20H26N4O8S/c25-17(26)9-23(10-18(27)28)7-5-21-6-8-24(12-19(29)30,13-20(31)32)11-15-1-3-16(4-2-15)22-14-33/h1-4,21H,5-13H2,(H3-,25,26,27,28,29,30,31,32)/p+1. The summed E-state index contributed by atoms with van der Waals surface area (Å²) >= 11 is 4.56. The third kappa shape index (κ3) is 11.8. The van der Waals surface area contributed by atoms with Crippen LogP contribution in [0.3, 0.4) is 0 Å². The molecule has 1 aromatic rings. The molecule has 0 radical (unpaired) electrons. The molecule has 13 heteroatoms. The van der Waals surface area contributed by atoms with Gasteiger partial charge in [0.2, 0.25) is 0 Å². The molecule has 0 aliphatic rings. The smallest absolute Gasteiger partial charge is 0.359 e. The summed E-state index contributed by atoms with van der Waals surface area (Å²) in [5, 5.41) is 41.8. The van der Waals surface area contributed by atoms with Crippen molar-refractivity contribution < 1.29 is 44.1 Å². The maximum absolute atomic E-state index is 11.5. The number of benzene rings is 1. The van der Waals surface area contributed by atoms with E-state index >= 15 is 0 Å². The highest BCUT2D eigenvalue weighted by atomic mass is 32.1. The van der Waals surface area contributed by atoms with Crippen LogP contribution >= 0.6 is 12.2 Å². The highest BCUT2D eigenvalue weighted by Crippen LogP contribution is 2.18. The Balaban J connectivity index is 2.85. The highest BCUT2D eigenvalue weighted by molar-refractivity contribution is 7.78. The monoisotopic (exact) mass is 483 g/mol. The quantitative estimate of drug-likeness (QED) is 0.0870. The van der Waals surface area contributed by atoms with Gasteiger partial charge in [-0.25, -0.2) is 9.59 Å². The zero-order valence-corrected chi connectivity index (χ0v) is 18.7. The van der Waals surface area contributed by atoms with Crippen LogP contribution < -0.4 is 5.32 Å². The number of rotatable bonds is 17. The van der Waals surface area contributed by atoms with E-state index in [1.807, 2.05) is 0 Å². The second-order valence-corrected chi connectivity index (χ2v) is 7.63. The molecular weight excluding hydrogens is 456 g/mol. The molecule has 180 valence electrons. The van der Waals surface area contributed by atoms with Crippen LogP contribution in [0.1, 0.15) is 5.56 Å². The first-order chi connectivity index (χ1) is 15.5. The number of hydrogen-bond acceptors (Lipinski definition) is 8. The highest BCUT2D eigenvalue weighted by Gasteiger charge is 2.33. The molecule has 33 heavy (non-hydrogen) atoms. The molecule has 0 bridgehead atoms. The van der Waals surface area contributed by atoms with Crippen molar-refractivity contribution >= 4 is 46.9 Å². The summed E-state index contributed by atoms with van der Waals surface area (Å²) < 4.78 is -0.262. The average molecular weight is 484 g/mol. The number of carboxylic acid groups (broad SMARTS) is 4. The van der Waals surface area contributed by atoms with Gasteiger partial charge in [0.1, 0.15) is 6.54 Å². The second kappa shape index (κ2) is 14.0. The van der Waals surface area contributed by atoms with Gasteiger partial charge in [0.05, 0.1) is 30.5 Å². The third-order valence-electron chi connectivity index (χ3n) is 4.66. The van der Waals surface area contributed by atoms with Gasteiger partial charge in [-0.3, -0.25) is 14.5 Å². The van der Waals surface area contributed by atoms with E-state index in [0.717, 1.165) is 5.56 Å². The fraction of sp³-hybridized carbons (Fsp3) is 0.450. The largest absolute Gasteiger partial charge is 0.480 e. The van der Waals surface area contributed by atoms with Gasteiger partial charge >= 0.3 is 23.9 Å². The van der Waals surface area contributed by atoms with Gasteiger partial charge in [0, 0.05) is 25.2 Å². The van der Waals surface area contributed by atoms with E-state index < -0.39 is 50.1 Å². The van der Waals surface area contributed by atoms with E-state index in [9.17, 15) is 29.4 Å². The van der Waals surface area contributed by atoms with Crippen molar-refractivity contribution in [1.82, 2.24) is 10.2 Å². The summed E-state index contributed by atoms with van der Waals surface area (Å²) in [7, 11) is 0. The van der Waals surface area contributed by atoms with Gasteiger partial charge in [0.25, 0.3) is 0 Å². The first-order valence-electron chi connectivity index (χ1n) is 9.87. The lowest BCUT2D eigenvalue weighted by Crippen LogP contribution is -2.56. The molecule has 1 rings (SSSR count). The fourth-order valence-electron chi connectivity index (χ4n) is 3.37. The van der Waals surface area contributed by atoms with Crippen LogP contribution in [0, 0.1) is 0 Å². The van der Waals surface area contributed by atoms with Crippen LogP contribution in [-0.2, 0) is 25.7 Å². The molecule has 0 aromatic heterocycles. The number of nitrogens with zero attached hydrogens (tertiary/aromatic N) is 3. The van der Waals surface area contributed by atoms with Crippen molar-refractivity contribution in [2.45, 2.75) is 6.54 Å². The fourth-order valence-corrected chi connectivity index (χ4v) is 3.48. The number of aliphatic imine (C=N–C) groups is 1. The minimum absolute atomic E-state index is 0.137. The van der Waals surface area contributed by atoms with Crippen LogP contribution in [0.2, 0.25) is 0 Å². The summed E-state index contributed by atoms with van der Waals surface area (Å²) in [4.78, 5) is 49.9. The number of isothiocyanates is 1. The lowest BCUT2D eigenvalue weighted by molar-refractivity contribution is -0.926. The number of hydrogen-bond donors (Lipinski definition) is 5. The van der Waals surface area contributed by atoms with E-state index in [0.29, 0.717) is 5.69 Å². The summed E-state index contributed by atoms with van der Waals surface area (Å²) in [6, 6.07) is 6.77. The number of carbonyl (C=O) groups is 4. The van der Waals surface area contributed by atoms with Crippen molar-refractivity contribution in [1.29, 1.82) is 0 Å². The van der Waals surface area contributed by atoms with E-state index in [-0.39, 0.29) is 37.2 Å². The Bertz CT molecular complexity index is 855. The zero-order valence-electron chi connectivity index (χ0n) is 17.8. The molecule has 0 fully saturated rings. The molecule has 0 amide bonds. The van der Waals surface area contributed by atoms with Gasteiger partial charge < -0.3 is 30.2 Å². The predicted octanol–water partition coefficient (Wildman–Crippen LogP) is -0.0323. The zero-order chi connectivity index (χ0) is 24.9. The Hall–Kier alpha value is -3.22. The maximum atomic E-state index is 11.5. The van der Waals surface area contributed by atoms with Crippen LogP contribution in [0.5, 0.6) is 0 Å². The lowest BCUT2D eigenvalue weighted by atomic mass is 10.1. The summed E-state index contributed by atoms with van der Waals surface area (Å²) in [5.74, 6) is -4.60. The molecule has 1 aromatic carbocycles. The number of aliphatic carboxylic acids is 4. The van der Waals surface area contributed by atoms with Crippen molar-refractivity contribution in [3.05, 3.63) is 29.8 Å². The minimum Gasteiger partial charge on any atom is -0.480 e. The SMILES string of the molecule is O=C(O)CN(CCNCC[N+](CC(=O)O)(CC(=O)O)Cc1ccc(N=C=S)cc1)CC(=O)O. The first-order valence-corrected chi connectivity index (χ1v) is 10.3. The Morgan fingerprint density at radius 2 is 1.45 bits per heavy atom. The minimum atomic E-state index is -1.16. The number of quaternary nitrogens is 1. The van der Waals surface area contributed by atoms with Crippen molar-refractivity contribution in [2.24, 2.45) is 4.99 Å². The Morgan fingerprint density at radius 1 is 0.909 bits per heavy atom. The first kappa shape index (κ1) is 27.8. The summed E-state index contributed by atoms with van der Waals surface area (Å²) in [6.07, 6.45) is 0. The maximum Gasteiger partial charge on any atom is 0.359 e. The summed E-state index contributed by atoms with van der Waals surface area (Å²) in [6.45, 7) is -0.784. The number of carboxylic acids is 4. The van der Waals surface area contributed by atoms with E-state index in [2.05, 4.69) is 27.7 Å². The molecule has 0 atom stereocenters. The third-order valence-corrected chi connectivity index (χ3v) is 4.75. The van der Waals surface area contributed by atoms with Crippen LogP contribution in [0.4, 0.5) is 5.69 Å². The van der Waals surface area contributed by atoms with Crippen molar-refractivity contribution in [3.8, 4) is 0 Å². The average Bonchev–Trinajstić information content (AvgIpc) is 2.67. The predicted molar refractivity (Wildman–Crippen MR) is 120 cm³/mol. The summed E-state index contributed by atoms with van der Waals surface area (Å²) in [5.41, 5.74) is 1.28. The molecular formula is C20H27N4O8S+. The normalized spacial score (nSPS) is 11.1. The molecule has 0 aliphatic heterocycles. The van der Waals surface area contributed by atoms with Crippen LogP contribution in [0.15, 0.2) is 29.3 Å². The number of thiocarbonyl (C=S) groups is 1. The second-order valence-electron chi connectivity index (χ2n) is 7.44. The lowest BCUT2D eigenvalue weighted by Gasteiger charge is -2.36. The van der Waals surface area contributed by atoms with E-state index in [1.54, 1.807) is 24.3 Å². The Morgan fingerprint density at radius 3 is 1.91 bits per heavy atom. The molecule has 0 aliphatic carbocycles. The molecule has 5 N–H and O–H groups in total. The Labute approximate surface area is 195 Å². The molecule has 0 heterocycles. The van der Waals surface area contributed by atoms with Crippen LogP contribution in [0.25, 0.3) is 0 Å². The molecule has 0 spiro atoms. The van der Waals surface area contributed by atoms with Crippen molar-refractivity contribution in [2.75, 3.05) is 52.4 Å². The van der Waals surface area contributed by atoms with Gasteiger partial charge in [0.15, 0.2) is 13.1 Å². The van der Waals surface area contributed by atoms with E-state index in [4.69, 9.17) is 10.2 Å². The van der Waals surface area contributed by atoms with E-state index in [1.165, 1.54) is 4.90 Å². The van der Waals surface area contributed by atoms with Gasteiger partial charge in [-0.1, -0.05) is 12.1 Å². The molecule has 12 nitrogen and oxygen atoms in total. The van der Waals surface area contributed by atoms with Gasteiger partial charge in [-0.2, -0.15) is 4.99 Å². The van der Waals surface area contributed by atoms with Crippen LogP contribution in [-0.4, -0.2) is 111 Å².